The largest absolute Gasteiger partial charge is 0.392 e. The molecule has 1 amide bonds. The van der Waals surface area contributed by atoms with Crippen LogP contribution in [-0.2, 0) is 4.79 Å². The van der Waals surface area contributed by atoms with Crippen molar-refractivity contribution < 1.29 is 18.7 Å². The summed E-state index contributed by atoms with van der Waals surface area (Å²) in [4.78, 5) is 13.9. The van der Waals surface area contributed by atoms with Crippen molar-refractivity contribution in [1.82, 2.24) is 10.2 Å². The SMILES string of the molecule is O=C(CN1CC(O)CC1c1ccc(F)c(F)c1)NCC1CCC1. The van der Waals surface area contributed by atoms with Crippen LogP contribution in [0.4, 0.5) is 8.78 Å². The second-order valence-electron chi connectivity index (χ2n) is 6.61. The molecule has 1 aliphatic heterocycles. The van der Waals surface area contributed by atoms with E-state index in [1.54, 1.807) is 0 Å². The number of benzene rings is 1. The first-order valence-electron chi connectivity index (χ1n) is 8.16. The molecule has 126 valence electrons. The number of halogens is 2. The van der Waals surface area contributed by atoms with Gasteiger partial charge in [-0.15, -0.1) is 0 Å². The summed E-state index contributed by atoms with van der Waals surface area (Å²) in [6.45, 7) is 1.22. The lowest BCUT2D eigenvalue weighted by molar-refractivity contribution is -0.122. The quantitative estimate of drug-likeness (QED) is 0.871. The second-order valence-corrected chi connectivity index (χ2v) is 6.61. The molecule has 1 saturated heterocycles. The molecule has 0 aromatic heterocycles. The lowest BCUT2D eigenvalue weighted by atomic mass is 9.85. The van der Waals surface area contributed by atoms with Gasteiger partial charge in [-0.1, -0.05) is 12.5 Å². The predicted molar refractivity (Wildman–Crippen MR) is 81.6 cm³/mol. The van der Waals surface area contributed by atoms with Gasteiger partial charge in [0.25, 0.3) is 0 Å². The van der Waals surface area contributed by atoms with Gasteiger partial charge < -0.3 is 10.4 Å². The molecule has 23 heavy (non-hydrogen) atoms. The van der Waals surface area contributed by atoms with E-state index in [9.17, 15) is 18.7 Å². The second kappa shape index (κ2) is 6.93. The normalized spacial score (nSPS) is 25.3. The summed E-state index contributed by atoms with van der Waals surface area (Å²) >= 11 is 0. The van der Waals surface area contributed by atoms with E-state index in [1.165, 1.54) is 25.3 Å². The maximum atomic E-state index is 13.4. The van der Waals surface area contributed by atoms with Gasteiger partial charge in [-0.25, -0.2) is 8.78 Å². The van der Waals surface area contributed by atoms with Gasteiger partial charge in [0.2, 0.25) is 5.91 Å². The first kappa shape index (κ1) is 16.3. The number of hydrogen-bond donors (Lipinski definition) is 2. The van der Waals surface area contributed by atoms with Crippen molar-refractivity contribution in [2.24, 2.45) is 5.92 Å². The standard InChI is InChI=1S/C17H22F2N2O2/c18-14-5-4-12(6-15(14)19)16-7-13(22)9-21(16)10-17(23)20-8-11-2-1-3-11/h4-6,11,13,16,22H,1-3,7-10H2,(H,20,23). The van der Waals surface area contributed by atoms with E-state index < -0.39 is 17.7 Å². The van der Waals surface area contributed by atoms with Gasteiger partial charge in [-0.05, 0) is 42.9 Å². The molecule has 1 saturated carbocycles. The van der Waals surface area contributed by atoms with Crippen LogP contribution in [-0.4, -0.2) is 41.7 Å². The molecular formula is C17H22F2N2O2. The van der Waals surface area contributed by atoms with E-state index in [1.807, 2.05) is 4.90 Å². The third-order valence-corrected chi connectivity index (χ3v) is 4.87. The molecule has 1 aromatic rings. The Bertz CT molecular complexity index is 578. The van der Waals surface area contributed by atoms with Crippen molar-refractivity contribution in [2.45, 2.75) is 37.8 Å². The number of carbonyl (C=O) groups excluding carboxylic acids is 1. The van der Waals surface area contributed by atoms with Crippen LogP contribution in [0.3, 0.4) is 0 Å². The number of β-amino-alcohol motifs (C(OH)–C–C–N with tert-alkyl or cyclic N) is 1. The zero-order valence-electron chi connectivity index (χ0n) is 13.0. The highest BCUT2D eigenvalue weighted by Gasteiger charge is 2.33. The molecule has 0 bridgehead atoms. The number of carbonyl (C=O) groups is 1. The van der Waals surface area contributed by atoms with E-state index in [-0.39, 0.29) is 18.5 Å². The van der Waals surface area contributed by atoms with Gasteiger partial charge in [0.15, 0.2) is 11.6 Å². The highest BCUT2D eigenvalue weighted by molar-refractivity contribution is 5.78. The molecular weight excluding hydrogens is 302 g/mol. The average molecular weight is 324 g/mol. The van der Waals surface area contributed by atoms with E-state index >= 15 is 0 Å². The van der Waals surface area contributed by atoms with E-state index in [4.69, 9.17) is 0 Å². The molecule has 6 heteroatoms. The minimum absolute atomic E-state index is 0.0846. The maximum absolute atomic E-state index is 13.4. The van der Waals surface area contributed by atoms with Crippen LogP contribution in [0, 0.1) is 17.6 Å². The smallest absolute Gasteiger partial charge is 0.234 e. The molecule has 0 spiro atoms. The Balaban J connectivity index is 1.61. The number of likely N-dealkylation sites (tertiary alicyclic amines) is 1. The van der Waals surface area contributed by atoms with Crippen molar-refractivity contribution in [3.8, 4) is 0 Å². The Hall–Kier alpha value is -1.53. The number of aliphatic hydroxyl groups is 1. The fourth-order valence-corrected chi connectivity index (χ4v) is 3.32. The molecule has 2 N–H and O–H groups in total. The number of nitrogens with zero attached hydrogens (tertiary/aromatic N) is 1. The predicted octanol–water partition coefficient (Wildman–Crippen LogP) is 1.99. The first-order chi connectivity index (χ1) is 11.0. The molecule has 2 fully saturated rings. The first-order valence-corrected chi connectivity index (χ1v) is 8.16. The van der Waals surface area contributed by atoms with Crippen molar-refractivity contribution in [3.05, 3.63) is 35.4 Å². The minimum atomic E-state index is -0.904. The molecule has 2 atom stereocenters. The maximum Gasteiger partial charge on any atom is 0.234 e. The van der Waals surface area contributed by atoms with Crippen LogP contribution in [0.5, 0.6) is 0 Å². The van der Waals surface area contributed by atoms with Gasteiger partial charge in [-0.3, -0.25) is 9.69 Å². The van der Waals surface area contributed by atoms with Gasteiger partial charge in [0.05, 0.1) is 12.6 Å². The zero-order valence-corrected chi connectivity index (χ0v) is 13.0. The molecule has 1 aliphatic carbocycles. The Labute approximate surface area is 134 Å². The summed E-state index contributed by atoms with van der Waals surface area (Å²) in [7, 11) is 0. The van der Waals surface area contributed by atoms with Crippen molar-refractivity contribution in [1.29, 1.82) is 0 Å². The summed E-state index contributed by atoms with van der Waals surface area (Å²) in [5.41, 5.74) is 0.590. The molecule has 4 nitrogen and oxygen atoms in total. The summed E-state index contributed by atoms with van der Waals surface area (Å²) in [5.74, 6) is -1.29. The van der Waals surface area contributed by atoms with Crippen LogP contribution >= 0.6 is 0 Å². The van der Waals surface area contributed by atoms with Gasteiger partial charge in [0.1, 0.15) is 0 Å². The number of nitrogens with one attached hydrogen (secondary N) is 1. The van der Waals surface area contributed by atoms with Crippen molar-refractivity contribution >= 4 is 5.91 Å². The molecule has 2 unspecified atom stereocenters. The van der Waals surface area contributed by atoms with Gasteiger partial charge in [-0.2, -0.15) is 0 Å². The molecule has 1 heterocycles. The third kappa shape index (κ3) is 3.87. The summed E-state index contributed by atoms with van der Waals surface area (Å²) in [6, 6.07) is 3.48. The zero-order chi connectivity index (χ0) is 16.4. The van der Waals surface area contributed by atoms with Gasteiger partial charge >= 0.3 is 0 Å². The van der Waals surface area contributed by atoms with Crippen LogP contribution in [0.15, 0.2) is 18.2 Å². The summed E-state index contributed by atoms with van der Waals surface area (Å²) in [5, 5.41) is 12.8. The summed E-state index contributed by atoms with van der Waals surface area (Å²) in [6.07, 6.45) is 3.42. The van der Waals surface area contributed by atoms with Crippen LogP contribution in [0.25, 0.3) is 0 Å². The minimum Gasteiger partial charge on any atom is -0.392 e. The number of hydrogen-bond acceptors (Lipinski definition) is 3. The Kier molecular flexibility index (Phi) is 4.92. The fraction of sp³-hybridized carbons (Fsp3) is 0.588. The van der Waals surface area contributed by atoms with E-state index in [2.05, 4.69) is 5.32 Å². The lowest BCUT2D eigenvalue weighted by Crippen LogP contribution is -2.40. The number of aliphatic hydroxyl groups excluding tert-OH is 1. The van der Waals surface area contributed by atoms with E-state index in [0.29, 0.717) is 31.0 Å². The van der Waals surface area contributed by atoms with E-state index in [0.717, 1.165) is 12.1 Å². The van der Waals surface area contributed by atoms with Crippen LogP contribution in [0.2, 0.25) is 0 Å². The lowest BCUT2D eigenvalue weighted by Gasteiger charge is -2.27. The Morgan fingerprint density at radius 3 is 2.74 bits per heavy atom. The molecule has 2 aliphatic rings. The average Bonchev–Trinajstić information content (AvgIpc) is 2.81. The monoisotopic (exact) mass is 324 g/mol. The topological polar surface area (TPSA) is 52.6 Å². The molecule has 1 aromatic carbocycles. The third-order valence-electron chi connectivity index (χ3n) is 4.87. The summed E-state index contributed by atoms with van der Waals surface area (Å²) < 4.78 is 26.5. The highest BCUT2D eigenvalue weighted by atomic mass is 19.2. The van der Waals surface area contributed by atoms with Crippen molar-refractivity contribution in [3.63, 3.8) is 0 Å². The Morgan fingerprint density at radius 2 is 2.09 bits per heavy atom. The van der Waals surface area contributed by atoms with Crippen LogP contribution < -0.4 is 5.32 Å². The molecule has 3 rings (SSSR count). The number of amides is 1. The molecule has 0 radical (unpaired) electrons. The highest BCUT2D eigenvalue weighted by Crippen LogP contribution is 2.32. The Morgan fingerprint density at radius 1 is 1.30 bits per heavy atom. The van der Waals surface area contributed by atoms with Gasteiger partial charge in [0, 0.05) is 19.1 Å². The fourth-order valence-electron chi connectivity index (χ4n) is 3.32. The van der Waals surface area contributed by atoms with Crippen LogP contribution in [0.1, 0.15) is 37.3 Å². The number of rotatable bonds is 5. The van der Waals surface area contributed by atoms with Crippen molar-refractivity contribution in [2.75, 3.05) is 19.6 Å².